The summed E-state index contributed by atoms with van der Waals surface area (Å²) < 4.78 is 2.76. The fourth-order valence-corrected chi connectivity index (χ4v) is 6.48. The Kier molecular flexibility index (Phi) is 6.19. The molecule has 1 fully saturated rings. The summed E-state index contributed by atoms with van der Waals surface area (Å²) in [6, 6.07) is 8.20. The summed E-state index contributed by atoms with van der Waals surface area (Å²) in [7, 11) is 3.28. The predicted molar refractivity (Wildman–Crippen MR) is 145 cm³/mol. The normalized spacial score (nSPS) is 14.3. The predicted octanol–water partition coefficient (Wildman–Crippen LogP) is 3.47. The van der Waals surface area contributed by atoms with Crippen LogP contribution < -0.4 is 21.5 Å². The smallest absolute Gasteiger partial charge is 0.330 e. The molecule has 0 saturated carbocycles. The quantitative estimate of drug-likeness (QED) is 0.448. The van der Waals surface area contributed by atoms with Crippen LogP contribution in [-0.4, -0.2) is 40.3 Å². The van der Waals surface area contributed by atoms with Crippen molar-refractivity contribution in [2.75, 3.05) is 31.1 Å². The molecule has 1 saturated heterocycles. The molecule has 1 aliphatic rings. The van der Waals surface area contributed by atoms with Crippen LogP contribution in [0.3, 0.4) is 0 Å². The van der Waals surface area contributed by atoms with Crippen LogP contribution in [0.2, 0.25) is 0 Å². The Morgan fingerprint density at radius 1 is 0.971 bits per heavy atom. The van der Waals surface area contributed by atoms with E-state index in [1.807, 2.05) is 11.3 Å². The summed E-state index contributed by atoms with van der Waals surface area (Å²) in [5, 5.41) is 4.70. The number of hydrogen-bond donors (Lipinski definition) is 2. The van der Waals surface area contributed by atoms with Gasteiger partial charge in [0.05, 0.1) is 11.4 Å². The number of nitrogens with one attached hydrogen (secondary N) is 2. The SMILES string of the molecule is CCc1sc2[nH]c(-c3cc(C)cc(C)c3)c(Cc3cc(=O)n(C)c(=O)n3C)c2c1N1CCNCC1. The van der Waals surface area contributed by atoms with Crippen LogP contribution in [-0.2, 0) is 26.9 Å². The van der Waals surface area contributed by atoms with Crippen molar-refractivity contribution in [3.8, 4) is 11.3 Å². The zero-order valence-electron chi connectivity index (χ0n) is 21.1. The van der Waals surface area contributed by atoms with Crippen LogP contribution in [0.25, 0.3) is 21.5 Å². The molecule has 8 heteroatoms. The first-order valence-corrected chi connectivity index (χ1v) is 13.1. The van der Waals surface area contributed by atoms with Gasteiger partial charge in [-0.1, -0.05) is 24.1 Å². The van der Waals surface area contributed by atoms with Gasteiger partial charge >= 0.3 is 5.69 Å². The van der Waals surface area contributed by atoms with E-state index in [2.05, 4.69) is 54.2 Å². The van der Waals surface area contributed by atoms with Crippen LogP contribution in [0, 0.1) is 13.8 Å². The number of fused-ring (bicyclic) bond motifs is 1. The van der Waals surface area contributed by atoms with Gasteiger partial charge in [0.15, 0.2) is 0 Å². The average Bonchev–Trinajstić information content (AvgIpc) is 3.37. The number of aromatic nitrogens is 3. The Labute approximate surface area is 209 Å². The van der Waals surface area contributed by atoms with Crippen molar-refractivity contribution in [2.24, 2.45) is 14.1 Å². The topological polar surface area (TPSA) is 75.1 Å². The van der Waals surface area contributed by atoms with Gasteiger partial charge in [0.25, 0.3) is 5.56 Å². The highest BCUT2D eigenvalue weighted by molar-refractivity contribution is 7.19. The summed E-state index contributed by atoms with van der Waals surface area (Å²) >= 11 is 1.83. The van der Waals surface area contributed by atoms with Crippen LogP contribution in [0.1, 0.15) is 34.2 Å². The molecule has 0 radical (unpaired) electrons. The van der Waals surface area contributed by atoms with Gasteiger partial charge in [0.1, 0.15) is 4.83 Å². The highest BCUT2D eigenvalue weighted by atomic mass is 32.1. The number of piperazine rings is 1. The second kappa shape index (κ2) is 9.17. The maximum Gasteiger partial charge on any atom is 0.330 e. The van der Waals surface area contributed by atoms with Crippen LogP contribution in [0.4, 0.5) is 5.69 Å². The Hall–Kier alpha value is -3.10. The summed E-state index contributed by atoms with van der Waals surface area (Å²) in [6.07, 6.45) is 1.47. The summed E-state index contributed by atoms with van der Waals surface area (Å²) in [5.41, 5.74) is 7.24. The Morgan fingerprint density at radius 3 is 2.31 bits per heavy atom. The van der Waals surface area contributed by atoms with E-state index in [0.29, 0.717) is 6.42 Å². The van der Waals surface area contributed by atoms with Crippen molar-refractivity contribution >= 4 is 27.2 Å². The molecule has 0 aliphatic carbocycles. The van der Waals surface area contributed by atoms with E-state index in [0.717, 1.165) is 64.5 Å². The molecule has 7 nitrogen and oxygen atoms in total. The first kappa shape index (κ1) is 23.6. The molecule has 35 heavy (non-hydrogen) atoms. The highest BCUT2D eigenvalue weighted by Crippen LogP contribution is 2.45. The Bertz CT molecular complexity index is 1510. The number of aryl methyl sites for hydroxylation is 3. The molecule has 0 spiro atoms. The molecule has 0 atom stereocenters. The molecule has 2 N–H and O–H groups in total. The van der Waals surface area contributed by atoms with Crippen LogP contribution >= 0.6 is 11.3 Å². The lowest BCUT2D eigenvalue weighted by Gasteiger charge is -2.30. The third-order valence-electron chi connectivity index (χ3n) is 7.04. The van der Waals surface area contributed by atoms with Gasteiger partial charge in [-0.15, -0.1) is 11.3 Å². The molecule has 1 aliphatic heterocycles. The molecule has 0 bridgehead atoms. The average molecular weight is 492 g/mol. The van der Waals surface area contributed by atoms with Gasteiger partial charge in [0, 0.05) is 68.7 Å². The second-order valence-electron chi connectivity index (χ2n) is 9.57. The molecular formula is C27H33N5O2S. The standard InChI is InChI=1S/C27H33N5O2S/c1-6-21-25(32-9-7-28-8-10-32)23-20(14-19-15-22(33)31(5)27(34)30(19)4)24(29-26(23)35-21)18-12-16(2)11-17(3)13-18/h11-13,15,28-29H,6-10,14H2,1-5H3. The van der Waals surface area contributed by atoms with Gasteiger partial charge < -0.3 is 19.8 Å². The number of aromatic amines is 1. The zero-order valence-corrected chi connectivity index (χ0v) is 21.9. The monoisotopic (exact) mass is 491 g/mol. The van der Waals surface area contributed by atoms with Gasteiger partial charge in [-0.25, -0.2) is 4.79 Å². The van der Waals surface area contributed by atoms with Gasteiger partial charge in [-0.2, -0.15) is 0 Å². The Balaban J connectivity index is 1.79. The van der Waals surface area contributed by atoms with Crippen LogP contribution in [0.15, 0.2) is 33.9 Å². The first-order chi connectivity index (χ1) is 16.8. The minimum Gasteiger partial charge on any atom is -0.368 e. The fraction of sp³-hybridized carbons (Fsp3) is 0.407. The lowest BCUT2D eigenvalue weighted by Crippen LogP contribution is -2.43. The van der Waals surface area contributed by atoms with Crippen molar-refractivity contribution < 1.29 is 0 Å². The molecule has 3 aromatic heterocycles. The lowest BCUT2D eigenvalue weighted by molar-refractivity contribution is 0.589. The number of rotatable bonds is 5. The minimum atomic E-state index is -0.297. The van der Waals surface area contributed by atoms with Gasteiger partial charge in [-0.05, 0) is 43.5 Å². The fourth-order valence-electron chi connectivity index (χ4n) is 5.29. The van der Waals surface area contributed by atoms with E-state index >= 15 is 0 Å². The maximum absolute atomic E-state index is 12.7. The number of anilines is 1. The highest BCUT2D eigenvalue weighted by Gasteiger charge is 2.26. The summed E-state index contributed by atoms with van der Waals surface area (Å²) in [4.78, 5) is 34.0. The number of thiophene rings is 1. The van der Waals surface area contributed by atoms with E-state index in [4.69, 9.17) is 0 Å². The number of nitrogens with zero attached hydrogens (tertiary/aromatic N) is 3. The van der Waals surface area contributed by atoms with Crippen LogP contribution in [0.5, 0.6) is 0 Å². The first-order valence-electron chi connectivity index (χ1n) is 12.2. The largest absolute Gasteiger partial charge is 0.368 e. The van der Waals surface area contributed by atoms with Crippen molar-refractivity contribution in [3.05, 3.63) is 72.4 Å². The van der Waals surface area contributed by atoms with Crippen molar-refractivity contribution in [1.29, 1.82) is 0 Å². The number of H-pyrrole nitrogens is 1. The third-order valence-corrected chi connectivity index (χ3v) is 8.28. The third kappa shape index (κ3) is 4.15. The molecule has 4 aromatic rings. The van der Waals surface area contributed by atoms with Gasteiger partial charge in [0.2, 0.25) is 0 Å². The van der Waals surface area contributed by atoms with Gasteiger partial charge in [-0.3, -0.25) is 9.36 Å². The van der Waals surface area contributed by atoms with E-state index in [9.17, 15) is 9.59 Å². The second-order valence-corrected chi connectivity index (χ2v) is 10.7. The molecule has 184 valence electrons. The zero-order chi connectivity index (χ0) is 24.9. The Morgan fingerprint density at radius 2 is 1.66 bits per heavy atom. The molecule has 4 heterocycles. The summed E-state index contributed by atoms with van der Waals surface area (Å²) in [5.74, 6) is 0. The molecule has 5 rings (SSSR count). The van der Waals surface area contributed by atoms with E-state index < -0.39 is 0 Å². The number of benzene rings is 1. The molecule has 0 unspecified atom stereocenters. The molecular weight excluding hydrogens is 458 g/mol. The minimum absolute atomic E-state index is 0.273. The van der Waals surface area contributed by atoms with Crippen molar-refractivity contribution in [2.45, 2.75) is 33.6 Å². The van der Waals surface area contributed by atoms with Crippen molar-refractivity contribution in [1.82, 2.24) is 19.4 Å². The maximum atomic E-state index is 12.7. The molecule has 0 amide bonds. The molecule has 1 aromatic carbocycles. The van der Waals surface area contributed by atoms with E-state index in [1.54, 1.807) is 17.7 Å². The summed E-state index contributed by atoms with van der Waals surface area (Å²) in [6.45, 7) is 10.3. The van der Waals surface area contributed by atoms with E-state index in [-0.39, 0.29) is 11.2 Å². The van der Waals surface area contributed by atoms with E-state index in [1.165, 1.54) is 34.1 Å². The van der Waals surface area contributed by atoms with Crippen molar-refractivity contribution in [3.63, 3.8) is 0 Å². The number of hydrogen-bond acceptors (Lipinski definition) is 5. The lowest BCUT2D eigenvalue weighted by atomic mass is 9.98.